The Hall–Kier alpha value is -1.26. The van der Waals surface area contributed by atoms with Gasteiger partial charge in [0.15, 0.2) is 0 Å². The first-order chi connectivity index (χ1) is 12.0. The van der Waals surface area contributed by atoms with E-state index in [2.05, 4.69) is 10.2 Å². The second-order valence-electron chi connectivity index (χ2n) is 6.29. The Labute approximate surface area is 162 Å². The maximum atomic E-state index is 12.6. The van der Waals surface area contributed by atoms with Crippen LogP contribution in [0.15, 0.2) is 42.5 Å². The second kappa shape index (κ2) is 8.41. The van der Waals surface area contributed by atoms with Gasteiger partial charge in [-0.25, -0.2) is 0 Å². The number of nitrogens with zero attached hydrogens (tertiary/aromatic N) is 1. The maximum absolute atomic E-state index is 12.6. The molecular weight excluding hydrogens is 379 g/mol. The SMILES string of the molecule is O=C(Nc1ccccc1Cl)C1CCCN(Cc2ccc(Cl)c(Cl)c2)C1. The number of carbonyl (C=O) groups is 1. The van der Waals surface area contributed by atoms with Crippen molar-refractivity contribution in [1.29, 1.82) is 0 Å². The molecule has 0 radical (unpaired) electrons. The smallest absolute Gasteiger partial charge is 0.228 e. The summed E-state index contributed by atoms with van der Waals surface area (Å²) >= 11 is 18.2. The summed E-state index contributed by atoms with van der Waals surface area (Å²) < 4.78 is 0. The average Bonchev–Trinajstić information content (AvgIpc) is 2.60. The van der Waals surface area contributed by atoms with Gasteiger partial charge in [-0.15, -0.1) is 0 Å². The molecule has 25 heavy (non-hydrogen) atoms. The summed E-state index contributed by atoms with van der Waals surface area (Å²) in [5, 5.41) is 4.62. The minimum Gasteiger partial charge on any atom is -0.324 e. The third kappa shape index (κ3) is 4.89. The number of rotatable bonds is 4. The van der Waals surface area contributed by atoms with Crippen LogP contribution in [0.4, 0.5) is 5.69 Å². The number of benzene rings is 2. The van der Waals surface area contributed by atoms with E-state index in [1.54, 1.807) is 6.07 Å². The van der Waals surface area contributed by atoms with Gasteiger partial charge in [0.25, 0.3) is 0 Å². The van der Waals surface area contributed by atoms with Crippen LogP contribution in [0.3, 0.4) is 0 Å². The van der Waals surface area contributed by atoms with E-state index in [0.717, 1.165) is 38.0 Å². The molecule has 2 aromatic carbocycles. The van der Waals surface area contributed by atoms with Gasteiger partial charge < -0.3 is 5.32 Å². The highest BCUT2D eigenvalue weighted by atomic mass is 35.5. The fraction of sp³-hybridized carbons (Fsp3) is 0.316. The molecule has 0 saturated carbocycles. The molecule has 1 aliphatic heterocycles. The van der Waals surface area contributed by atoms with E-state index in [1.165, 1.54) is 0 Å². The van der Waals surface area contributed by atoms with Crippen LogP contribution in [-0.4, -0.2) is 23.9 Å². The molecule has 3 nitrogen and oxygen atoms in total. The Morgan fingerprint density at radius 1 is 1.08 bits per heavy atom. The number of halogens is 3. The maximum Gasteiger partial charge on any atom is 0.228 e. The number of carbonyl (C=O) groups excluding carboxylic acids is 1. The van der Waals surface area contributed by atoms with E-state index < -0.39 is 0 Å². The van der Waals surface area contributed by atoms with Crippen molar-refractivity contribution < 1.29 is 4.79 Å². The molecule has 0 bridgehead atoms. The van der Waals surface area contributed by atoms with Crippen molar-refractivity contribution in [3.05, 3.63) is 63.1 Å². The van der Waals surface area contributed by atoms with Crippen molar-refractivity contribution in [2.45, 2.75) is 19.4 Å². The Kier molecular flexibility index (Phi) is 6.24. The lowest BCUT2D eigenvalue weighted by Gasteiger charge is -2.32. The van der Waals surface area contributed by atoms with Gasteiger partial charge in [-0.1, -0.05) is 53.0 Å². The highest BCUT2D eigenvalue weighted by Crippen LogP contribution is 2.26. The van der Waals surface area contributed by atoms with Crippen molar-refractivity contribution in [2.75, 3.05) is 18.4 Å². The van der Waals surface area contributed by atoms with Gasteiger partial charge in [0.1, 0.15) is 0 Å². The van der Waals surface area contributed by atoms with Crippen LogP contribution in [0, 0.1) is 5.92 Å². The number of hydrogen-bond acceptors (Lipinski definition) is 2. The summed E-state index contributed by atoms with van der Waals surface area (Å²) in [7, 11) is 0. The Morgan fingerprint density at radius 2 is 1.88 bits per heavy atom. The number of amides is 1. The van der Waals surface area contributed by atoms with Gasteiger partial charge in [-0.2, -0.15) is 0 Å². The standard InChI is InChI=1S/C19H19Cl3N2O/c20-15-8-7-13(10-17(15)22)11-24-9-3-4-14(12-24)19(25)23-18-6-2-1-5-16(18)21/h1-2,5-8,10,14H,3-4,9,11-12H2,(H,23,25). The minimum atomic E-state index is -0.0483. The molecule has 1 atom stereocenters. The molecule has 0 spiro atoms. The zero-order valence-corrected chi connectivity index (χ0v) is 15.9. The van der Waals surface area contributed by atoms with E-state index in [0.29, 0.717) is 20.8 Å². The van der Waals surface area contributed by atoms with Gasteiger partial charge >= 0.3 is 0 Å². The van der Waals surface area contributed by atoms with E-state index in [9.17, 15) is 4.79 Å². The summed E-state index contributed by atoms with van der Waals surface area (Å²) in [6.07, 6.45) is 1.87. The van der Waals surface area contributed by atoms with Crippen LogP contribution < -0.4 is 5.32 Å². The Bertz CT molecular complexity index is 766. The number of nitrogens with one attached hydrogen (secondary N) is 1. The first kappa shape index (κ1) is 18.5. The topological polar surface area (TPSA) is 32.3 Å². The molecule has 1 heterocycles. The summed E-state index contributed by atoms with van der Waals surface area (Å²) in [5.41, 5.74) is 1.76. The molecule has 3 rings (SSSR count). The van der Waals surface area contributed by atoms with Crippen LogP contribution in [-0.2, 0) is 11.3 Å². The molecule has 1 amide bonds. The second-order valence-corrected chi connectivity index (χ2v) is 7.51. The van der Waals surface area contributed by atoms with Crippen molar-refractivity contribution in [3.8, 4) is 0 Å². The number of anilines is 1. The number of likely N-dealkylation sites (tertiary alicyclic amines) is 1. The lowest BCUT2D eigenvalue weighted by molar-refractivity contribution is -0.121. The largest absolute Gasteiger partial charge is 0.324 e. The molecule has 6 heteroatoms. The molecule has 1 N–H and O–H groups in total. The molecule has 1 unspecified atom stereocenters. The molecular formula is C19H19Cl3N2O. The summed E-state index contributed by atoms with van der Waals surface area (Å²) in [4.78, 5) is 14.9. The van der Waals surface area contributed by atoms with Gasteiger partial charge in [0.05, 0.1) is 26.7 Å². The van der Waals surface area contributed by atoms with Gasteiger partial charge in [0, 0.05) is 13.1 Å². The minimum absolute atomic E-state index is 0.0203. The van der Waals surface area contributed by atoms with Gasteiger partial charge in [-0.05, 0) is 49.2 Å². The predicted molar refractivity (Wildman–Crippen MR) is 105 cm³/mol. The fourth-order valence-electron chi connectivity index (χ4n) is 3.11. The summed E-state index contributed by atoms with van der Waals surface area (Å²) in [6, 6.07) is 13.0. The lowest BCUT2D eigenvalue weighted by Crippen LogP contribution is -2.40. The highest BCUT2D eigenvalue weighted by molar-refractivity contribution is 6.42. The monoisotopic (exact) mass is 396 g/mol. The highest BCUT2D eigenvalue weighted by Gasteiger charge is 2.26. The number of hydrogen-bond donors (Lipinski definition) is 1. The Balaban J connectivity index is 1.61. The summed E-state index contributed by atoms with van der Waals surface area (Å²) in [5.74, 6) is -0.0280. The van der Waals surface area contributed by atoms with Crippen LogP contribution in [0.1, 0.15) is 18.4 Å². The van der Waals surface area contributed by atoms with Gasteiger partial charge in [-0.3, -0.25) is 9.69 Å². The molecule has 0 aliphatic carbocycles. The van der Waals surface area contributed by atoms with Crippen molar-refractivity contribution in [3.63, 3.8) is 0 Å². The van der Waals surface area contributed by atoms with E-state index in [1.807, 2.05) is 36.4 Å². The van der Waals surface area contributed by atoms with Crippen LogP contribution in [0.2, 0.25) is 15.1 Å². The van der Waals surface area contributed by atoms with Crippen LogP contribution >= 0.6 is 34.8 Å². The predicted octanol–water partition coefficient (Wildman–Crippen LogP) is 5.50. The van der Waals surface area contributed by atoms with Crippen LogP contribution in [0.25, 0.3) is 0 Å². The zero-order valence-electron chi connectivity index (χ0n) is 13.6. The number of para-hydroxylation sites is 1. The van der Waals surface area contributed by atoms with Crippen LogP contribution in [0.5, 0.6) is 0 Å². The molecule has 1 saturated heterocycles. The average molecular weight is 398 g/mol. The quantitative estimate of drug-likeness (QED) is 0.739. The van der Waals surface area contributed by atoms with Crippen molar-refractivity contribution in [2.24, 2.45) is 5.92 Å². The normalized spacial score (nSPS) is 18.1. The first-order valence-electron chi connectivity index (χ1n) is 8.24. The third-order valence-electron chi connectivity index (χ3n) is 4.40. The van der Waals surface area contributed by atoms with Gasteiger partial charge in [0.2, 0.25) is 5.91 Å². The lowest BCUT2D eigenvalue weighted by atomic mass is 9.96. The Morgan fingerprint density at radius 3 is 2.64 bits per heavy atom. The van der Waals surface area contributed by atoms with E-state index in [4.69, 9.17) is 34.8 Å². The van der Waals surface area contributed by atoms with E-state index >= 15 is 0 Å². The number of piperidine rings is 1. The first-order valence-corrected chi connectivity index (χ1v) is 9.38. The van der Waals surface area contributed by atoms with Crippen molar-refractivity contribution >= 4 is 46.4 Å². The fourth-order valence-corrected chi connectivity index (χ4v) is 3.61. The third-order valence-corrected chi connectivity index (χ3v) is 5.47. The van der Waals surface area contributed by atoms with Crippen molar-refractivity contribution in [1.82, 2.24) is 4.90 Å². The van der Waals surface area contributed by atoms with E-state index in [-0.39, 0.29) is 11.8 Å². The zero-order chi connectivity index (χ0) is 17.8. The molecule has 1 aliphatic rings. The summed E-state index contributed by atoms with van der Waals surface area (Å²) in [6.45, 7) is 2.44. The molecule has 132 valence electrons. The molecule has 0 aromatic heterocycles. The molecule has 2 aromatic rings. The molecule has 1 fully saturated rings.